The number of nitrogens with zero attached hydrogens (tertiary/aromatic N) is 4. The highest BCUT2D eigenvalue weighted by molar-refractivity contribution is 6.00. The fourth-order valence-electron chi connectivity index (χ4n) is 4.15. The molecule has 1 aliphatic carbocycles. The highest BCUT2D eigenvalue weighted by Gasteiger charge is 2.31. The number of anilines is 1. The van der Waals surface area contributed by atoms with E-state index in [0.29, 0.717) is 47.5 Å². The van der Waals surface area contributed by atoms with E-state index < -0.39 is 23.8 Å². The van der Waals surface area contributed by atoms with Gasteiger partial charge in [-0.15, -0.1) is 0 Å². The summed E-state index contributed by atoms with van der Waals surface area (Å²) < 4.78 is 15.8. The van der Waals surface area contributed by atoms with Crippen molar-refractivity contribution in [2.24, 2.45) is 5.92 Å². The van der Waals surface area contributed by atoms with Gasteiger partial charge in [-0.3, -0.25) is 9.78 Å². The largest absolute Gasteiger partial charge is 0.465 e. The van der Waals surface area contributed by atoms with Crippen LogP contribution >= 0.6 is 0 Å². The number of pyridine rings is 1. The number of hydrogen-bond donors (Lipinski definition) is 5. The third-order valence-corrected chi connectivity index (χ3v) is 6.39. The average molecular weight is 510 g/mol. The number of carboxylic acid groups (broad SMARTS) is 1. The van der Waals surface area contributed by atoms with Gasteiger partial charge in [-0.05, 0) is 56.9 Å². The van der Waals surface area contributed by atoms with E-state index >= 15 is 0 Å². The number of amides is 2. The van der Waals surface area contributed by atoms with Crippen LogP contribution in [0, 0.1) is 17.2 Å². The Morgan fingerprint density at radius 2 is 2.05 bits per heavy atom. The normalized spacial score (nSPS) is 17.9. The Hall–Kier alpha value is -4.24. The first-order valence-electron chi connectivity index (χ1n) is 11.8. The fraction of sp³-hybridized carbons (Fsp3) is 0.400. The Labute approximate surface area is 212 Å². The van der Waals surface area contributed by atoms with Gasteiger partial charge in [-0.2, -0.15) is 10.4 Å². The van der Waals surface area contributed by atoms with Crippen molar-refractivity contribution in [3.63, 3.8) is 0 Å². The molecule has 1 fully saturated rings. The summed E-state index contributed by atoms with van der Waals surface area (Å²) in [6.07, 6.45) is 1.46. The van der Waals surface area contributed by atoms with Gasteiger partial charge in [0, 0.05) is 18.8 Å². The molecular formula is C25H28FN7O4. The molecule has 37 heavy (non-hydrogen) atoms. The van der Waals surface area contributed by atoms with Crippen molar-refractivity contribution in [1.29, 1.82) is 5.26 Å². The third kappa shape index (κ3) is 5.95. The van der Waals surface area contributed by atoms with Crippen LogP contribution in [0.25, 0.3) is 16.9 Å². The van der Waals surface area contributed by atoms with Crippen LogP contribution < -0.4 is 16.0 Å². The lowest BCUT2D eigenvalue weighted by atomic mass is 9.80. The van der Waals surface area contributed by atoms with E-state index in [1.54, 1.807) is 28.8 Å². The zero-order valence-corrected chi connectivity index (χ0v) is 20.4. The van der Waals surface area contributed by atoms with Crippen molar-refractivity contribution in [2.75, 3.05) is 18.4 Å². The number of halogens is 1. The summed E-state index contributed by atoms with van der Waals surface area (Å²) in [4.78, 5) is 28.2. The summed E-state index contributed by atoms with van der Waals surface area (Å²) >= 11 is 0. The van der Waals surface area contributed by atoms with Crippen LogP contribution in [0.3, 0.4) is 0 Å². The van der Waals surface area contributed by atoms with Gasteiger partial charge < -0.3 is 26.2 Å². The van der Waals surface area contributed by atoms with Gasteiger partial charge >= 0.3 is 6.09 Å². The molecule has 0 bridgehead atoms. The highest BCUT2D eigenvalue weighted by atomic mass is 19.1. The molecule has 194 valence electrons. The molecule has 3 aromatic rings. The van der Waals surface area contributed by atoms with Crippen molar-refractivity contribution < 1.29 is 24.2 Å². The molecule has 0 aromatic carbocycles. The molecule has 4 rings (SSSR count). The summed E-state index contributed by atoms with van der Waals surface area (Å²) in [7, 11) is 0. The Kier molecular flexibility index (Phi) is 7.26. The van der Waals surface area contributed by atoms with Gasteiger partial charge in [0.25, 0.3) is 5.91 Å². The Morgan fingerprint density at radius 1 is 1.30 bits per heavy atom. The maximum absolute atomic E-state index is 14.2. The fourth-order valence-corrected chi connectivity index (χ4v) is 4.15. The second kappa shape index (κ2) is 10.4. The Bertz CT molecular complexity index is 1360. The van der Waals surface area contributed by atoms with Crippen molar-refractivity contribution in [2.45, 2.75) is 44.5 Å². The summed E-state index contributed by atoms with van der Waals surface area (Å²) in [5.74, 6) is -0.348. The monoisotopic (exact) mass is 509 g/mol. The topological polar surface area (TPSA) is 165 Å². The predicted octanol–water partition coefficient (Wildman–Crippen LogP) is 2.56. The molecule has 1 aliphatic rings. The molecule has 3 heterocycles. The number of aliphatic hydroxyl groups is 1. The number of rotatable bonds is 9. The molecule has 3 aromatic heterocycles. The van der Waals surface area contributed by atoms with Crippen molar-refractivity contribution in [1.82, 2.24) is 25.2 Å². The van der Waals surface area contributed by atoms with Crippen molar-refractivity contribution >= 4 is 23.2 Å². The first-order valence-corrected chi connectivity index (χ1v) is 11.8. The van der Waals surface area contributed by atoms with E-state index in [1.807, 2.05) is 0 Å². The maximum atomic E-state index is 14.2. The van der Waals surface area contributed by atoms with Gasteiger partial charge in [0.15, 0.2) is 0 Å². The minimum atomic E-state index is -1.66. The molecule has 0 aliphatic heterocycles. The first kappa shape index (κ1) is 25.8. The molecule has 1 saturated carbocycles. The summed E-state index contributed by atoms with van der Waals surface area (Å²) in [5.41, 5.74) is 1.37. The van der Waals surface area contributed by atoms with E-state index in [4.69, 9.17) is 10.4 Å². The molecule has 5 N–H and O–H groups in total. The average Bonchev–Trinajstić information content (AvgIpc) is 3.25. The van der Waals surface area contributed by atoms with E-state index in [1.165, 1.54) is 26.2 Å². The first-order chi connectivity index (χ1) is 17.5. The van der Waals surface area contributed by atoms with E-state index in [9.17, 15) is 19.1 Å². The number of hydrogen-bond acceptors (Lipinski definition) is 7. The predicted molar refractivity (Wildman–Crippen MR) is 133 cm³/mol. The lowest BCUT2D eigenvalue weighted by molar-refractivity contribution is -0.00178. The third-order valence-electron chi connectivity index (χ3n) is 6.39. The zero-order chi connectivity index (χ0) is 26.7. The minimum Gasteiger partial charge on any atom is -0.465 e. The molecule has 1 atom stereocenters. The number of fused-ring (bicyclic) bond motifs is 1. The molecule has 0 unspecified atom stereocenters. The molecule has 2 amide bonds. The smallest absolute Gasteiger partial charge is 0.404 e. The summed E-state index contributed by atoms with van der Waals surface area (Å²) in [5, 5.41) is 40.3. The molecule has 12 heteroatoms. The van der Waals surface area contributed by atoms with Gasteiger partial charge in [0.1, 0.15) is 12.2 Å². The zero-order valence-electron chi connectivity index (χ0n) is 20.4. The van der Waals surface area contributed by atoms with Crippen LogP contribution in [0.5, 0.6) is 0 Å². The standard InChI is InChI=1S/C25H28FN7O4/c1-25(2,37)22(26)13-30-23(34)18-12-29-20(21-4-3-17-7-15(9-27)11-31-33(17)21)8-19(18)28-10-14-5-16(6-14)32-24(35)36/h3-4,7-8,11-12,14,16,22,32,37H,5-6,10,13H2,1-2H3,(H,28,29)(H,30,34)(H,35,36)/t14?,16?,22-/m1/s1. The second-order valence-corrected chi connectivity index (χ2v) is 9.72. The molecule has 0 radical (unpaired) electrons. The number of carbonyl (C=O) groups excluding carboxylic acids is 1. The van der Waals surface area contributed by atoms with Crippen LogP contribution in [-0.4, -0.2) is 67.7 Å². The number of nitrogens with one attached hydrogen (secondary N) is 3. The Balaban J connectivity index is 1.57. The lowest BCUT2D eigenvalue weighted by Crippen LogP contribution is -2.45. The summed E-state index contributed by atoms with van der Waals surface area (Å²) in [6.45, 7) is 2.78. The van der Waals surface area contributed by atoms with Crippen LogP contribution in [0.15, 0.2) is 36.7 Å². The van der Waals surface area contributed by atoms with Gasteiger partial charge in [0.05, 0.1) is 52.1 Å². The van der Waals surface area contributed by atoms with Crippen LogP contribution in [0.1, 0.15) is 42.6 Å². The number of alkyl halides is 1. The molecular weight excluding hydrogens is 481 g/mol. The number of nitriles is 1. The highest BCUT2D eigenvalue weighted by Crippen LogP contribution is 2.30. The van der Waals surface area contributed by atoms with E-state index in [2.05, 4.69) is 32.1 Å². The van der Waals surface area contributed by atoms with Crippen LogP contribution in [0.2, 0.25) is 0 Å². The van der Waals surface area contributed by atoms with Gasteiger partial charge in [-0.25, -0.2) is 13.7 Å². The molecule has 0 spiro atoms. The van der Waals surface area contributed by atoms with Gasteiger partial charge in [-0.1, -0.05) is 0 Å². The number of aromatic nitrogens is 3. The van der Waals surface area contributed by atoms with Gasteiger partial charge in [0.2, 0.25) is 0 Å². The van der Waals surface area contributed by atoms with Crippen molar-refractivity contribution in [3.05, 3.63) is 47.8 Å². The second-order valence-electron chi connectivity index (χ2n) is 9.72. The molecule has 11 nitrogen and oxygen atoms in total. The van der Waals surface area contributed by atoms with E-state index in [-0.39, 0.29) is 24.1 Å². The minimum absolute atomic E-state index is 0.0974. The van der Waals surface area contributed by atoms with Crippen molar-refractivity contribution in [3.8, 4) is 17.5 Å². The Morgan fingerprint density at radius 3 is 2.73 bits per heavy atom. The SMILES string of the molecule is CC(C)(O)[C@H](F)CNC(=O)c1cnc(-c2ccc3cc(C#N)cnn23)cc1NCC1CC(NC(=O)O)C1. The maximum Gasteiger partial charge on any atom is 0.404 e. The molecule has 0 saturated heterocycles. The quantitative estimate of drug-likeness (QED) is 0.294. The number of carbonyl (C=O) groups is 2. The van der Waals surface area contributed by atoms with E-state index in [0.717, 1.165) is 0 Å². The lowest BCUT2D eigenvalue weighted by Gasteiger charge is -2.35. The van der Waals surface area contributed by atoms with Crippen LogP contribution in [-0.2, 0) is 0 Å². The summed E-state index contributed by atoms with van der Waals surface area (Å²) in [6, 6.07) is 8.97. The van der Waals surface area contributed by atoms with Crippen LogP contribution in [0.4, 0.5) is 14.9 Å².